The number of hydrogen-bond acceptors (Lipinski definition) is 4. The van der Waals surface area contributed by atoms with Gasteiger partial charge >= 0.3 is 0 Å². The van der Waals surface area contributed by atoms with Crippen LogP contribution in [-0.2, 0) is 13.1 Å². The lowest BCUT2D eigenvalue weighted by molar-refractivity contribution is 0.265. The highest BCUT2D eigenvalue weighted by Crippen LogP contribution is 2.30. The van der Waals surface area contributed by atoms with Crippen LogP contribution in [0.25, 0.3) is 0 Å². The summed E-state index contributed by atoms with van der Waals surface area (Å²) >= 11 is 1.79. The Bertz CT molecular complexity index is 347. The van der Waals surface area contributed by atoms with Crippen LogP contribution in [0, 0.1) is 5.92 Å². The van der Waals surface area contributed by atoms with Gasteiger partial charge in [0.05, 0.1) is 5.69 Å². The summed E-state index contributed by atoms with van der Waals surface area (Å²) in [5.74, 6) is 0.967. The first-order chi connectivity index (χ1) is 8.81. The molecule has 1 aliphatic rings. The molecule has 18 heavy (non-hydrogen) atoms. The van der Waals surface area contributed by atoms with Crippen LogP contribution in [0.4, 0.5) is 0 Å². The van der Waals surface area contributed by atoms with Crippen LogP contribution in [0.2, 0.25) is 0 Å². The van der Waals surface area contributed by atoms with Crippen molar-refractivity contribution in [2.75, 3.05) is 19.6 Å². The van der Waals surface area contributed by atoms with E-state index in [0.29, 0.717) is 0 Å². The molecule has 0 spiro atoms. The van der Waals surface area contributed by atoms with Crippen LogP contribution in [0.3, 0.4) is 0 Å². The van der Waals surface area contributed by atoms with Crippen LogP contribution in [0.15, 0.2) is 5.38 Å². The highest BCUT2D eigenvalue weighted by Gasteiger charge is 2.23. The summed E-state index contributed by atoms with van der Waals surface area (Å²) in [4.78, 5) is 7.24. The molecule has 1 saturated carbocycles. The van der Waals surface area contributed by atoms with Gasteiger partial charge in [-0.25, -0.2) is 4.98 Å². The molecule has 1 aliphatic carbocycles. The molecule has 0 radical (unpaired) electrons. The highest BCUT2D eigenvalue weighted by molar-refractivity contribution is 7.09. The Morgan fingerprint density at radius 2 is 2.28 bits per heavy atom. The maximum absolute atomic E-state index is 4.71. The van der Waals surface area contributed by atoms with E-state index in [1.807, 2.05) is 0 Å². The van der Waals surface area contributed by atoms with Gasteiger partial charge in [0.15, 0.2) is 0 Å². The molecule has 0 aromatic carbocycles. The van der Waals surface area contributed by atoms with Crippen molar-refractivity contribution in [3.05, 3.63) is 16.1 Å². The zero-order valence-electron chi connectivity index (χ0n) is 11.6. The minimum absolute atomic E-state index is 0.924. The molecule has 0 aliphatic heterocycles. The van der Waals surface area contributed by atoms with E-state index in [4.69, 9.17) is 4.98 Å². The Kier molecular flexibility index (Phi) is 5.60. The second-order valence-corrected chi connectivity index (χ2v) is 6.12. The summed E-state index contributed by atoms with van der Waals surface area (Å²) in [7, 11) is 0. The molecule has 1 aromatic rings. The molecule has 102 valence electrons. The van der Waals surface area contributed by atoms with E-state index in [1.165, 1.54) is 36.5 Å². The van der Waals surface area contributed by atoms with E-state index >= 15 is 0 Å². The average Bonchev–Trinajstić information content (AvgIpc) is 3.08. The van der Waals surface area contributed by atoms with Gasteiger partial charge in [-0.2, -0.15) is 0 Å². The van der Waals surface area contributed by atoms with Crippen LogP contribution >= 0.6 is 11.3 Å². The van der Waals surface area contributed by atoms with Gasteiger partial charge in [0.25, 0.3) is 0 Å². The third-order valence-electron chi connectivity index (χ3n) is 3.35. The van der Waals surface area contributed by atoms with E-state index in [2.05, 4.69) is 29.4 Å². The summed E-state index contributed by atoms with van der Waals surface area (Å²) in [6, 6.07) is 0. The fraction of sp³-hybridized carbons (Fsp3) is 0.786. The zero-order chi connectivity index (χ0) is 12.8. The van der Waals surface area contributed by atoms with Gasteiger partial charge in [-0.05, 0) is 38.3 Å². The Morgan fingerprint density at radius 3 is 2.94 bits per heavy atom. The summed E-state index contributed by atoms with van der Waals surface area (Å²) in [5, 5.41) is 6.85. The van der Waals surface area contributed by atoms with Crippen molar-refractivity contribution in [3.8, 4) is 0 Å². The van der Waals surface area contributed by atoms with E-state index < -0.39 is 0 Å². The van der Waals surface area contributed by atoms with Crippen LogP contribution in [0.1, 0.15) is 43.8 Å². The first kappa shape index (κ1) is 14.0. The third kappa shape index (κ3) is 4.67. The lowest BCUT2D eigenvalue weighted by atomic mass is 10.3. The molecule has 0 unspecified atom stereocenters. The summed E-state index contributed by atoms with van der Waals surface area (Å²) in [6.45, 7) is 9.87. The first-order valence-corrected chi connectivity index (χ1v) is 8.06. The van der Waals surface area contributed by atoms with Gasteiger partial charge in [-0.15, -0.1) is 11.3 Å². The number of rotatable bonds is 9. The average molecular weight is 267 g/mol. The van der Waals surface area contributed by atoms with Crippen LogP contribution in [-0.4, -0.2) is 29.5 Å². The lowest BCUT2D eigenvalue weighted by Crippen LogP contribution is -2.25. The van der Waals surface area contributed by atoms with Gasteiger partial charge in [0, 0.05) is 25.0 Å². The Morgan fingerprint density at radius 1 is 1.44 bits per heavy atom. The molecule has 0 bridgehead atoms. The Balaban J connectivity index is 1.76. The van der Waals surface area contributed by atoms with Crippen molar-refractivity contribution < 1.29 is 0 Å². The molecule has 1 N–H and O–H groups in total. The second-order valence-electron chi connectivity index (χ2n) is 5.18. The number of thiazole rings is 1. The van der Waals surface area contributed by atoms with E-state index in [9.17, 15) is 0 Å². The van der Waals surface area contributed by atoms with E-state index in [1.54, 1.807) is 11.3 Å². The number of hydrogen-bond donors (Lipinski definition) is 1. The minimum atomic E-state index is 0.924. The topological polar surface area (TPSA) is 28.2 Å². The summed E-state index contributed by atoms with van der Waals surface area (Å²) in [6.07, 6.45) is 4.04. The van der Waals surface area contributed by atoms with E-state index in [-0.39, 0.29) is 0 Å². The second kappa shape index (κ2) is 7.22. The Labute approximate surface area is 115 Å². The summed E-state index contributed by atoms with van der Waals surface area (Å²) < 4.78 is 0. The van der Waals surface area contributed by atoms with Gasteiger partial charge in [0.1, 0.15) is 5.01 Å². The predicted octanol–water partition coefficient (Wildman–Crippen LogP) is 2.87. The molecule has 3 nitrogen and oxygen atoms in total. The molecule has 2 rings (SSSR count). The molecule has 1 fully saturated rings. The van der Waals surface area contributed by atoms with E-state index in [0.717, 1.165) is 32.1 Å². The number of aromatic nitrogens is 1. The SMILES string of the molecule is CCCNCc1nc(CN(CC)CC2CC2)cs1. The molecule has 0 atom stereocenters. The normalized spacial score (nSPS) is 15.5. The smallest absolute Gasteiger partial charge is 0.107 e. The molecule has 1 heterocycles. The van der Waals surface area contributed by atoms with Crippen molar-refractivity contribution in [1.29, 1.82) is 0 Å². The van der Waals surface area contributed by atoms with Gasteiger partial charge < -0.3 is 5.32 Å². The quantitative estimate of drug-likeness (QED) is 0.697. The fourth-order valence-corrected chi connectivity index (χ4v) is 2.83. The van der Waals surface area contributed by atoms with Gasteiger partial charge in [0.2, 0.25) is 0 Å². The predicted molar refractivity (Wildman–Crippen MR) is 77.8 cm³/mol. The standard InChI is InChI=1S/C14H25N3S/c1-3-7-15-8-14-16-13(11-18-14)10-17(4-2)9-12-5-6-12/h11-12,15H,3-10H2,1-2H3. The number of nitrogens with zero attached hydrogens (tertiary/aromatic N) is 2. The maximum atomic E-state index is 4.71. The monoisotopic (exact) mass is 267 g/mol. The molecule has 0 saturated heterocycles. The lowest BCUT2D eigenvalue weighted by Gasteiger charge is -2.18. The Hall–Kier alpha value is -0.450. The largest absolute Gasteiger partial charge is 0.310 e. The van der Waals surface area contributed by atoms with Gasteiger partial charge in [-0.1, -0.05) is 13.8 Å². The first-order valence-electron chi connectivity index (χ1n) is 7.18. The molecular weight excluding hydrogens is 242 g/mol. The number of nitrogens with one attached hydrogen (secondary N) is 1. The zero-order valence-corrected chi connectivity index (χ0v) is 12.4. The van der Waals surface area contributed by atoms with Crippen molar-refractivity contribution in [1.82, 2.24) is 15.2 Å². The summed E-state index contributed by atoms with van der Waals surface area (Å²) in [5.41, 5.74) is 1.25. The highest BCUT2D eigenvalue weighted by atomic mass is 32.1. The minimum Gasteiger partial charge on any atom is -0.310 e. The van der Waals surface area contributed by atoms with Crippen molar-refractivity contribution >= 4 is 11.3 Å². The third-order valence-corrected chi connectivity index (χ3v) is 4.25. The molecular formula is C14H25N3S. The van der Waals surface area contributed by atoms with Crippen molar-refractivity contribution in [3.63, 3.8) is 0 Å². The van der Waals surface area contributed by atoms with Crippen molar-refractivity contribution in [2.24, 2.45) is 5.92 Å². The van der Waals surface area contributed by atoms with Crippen LogP contribution in [0.5, 0.6) is 0 Å². The van der Waals surface area contributed by atoms with Gasteiger partial charge in [-0.3, -0.25) is 4.90 Å². The van der Waals surface area contributed by atoms with Crippen LogP contribution < -0.4 is 5.32 Å². The molecule has 1 aromatic heterocycles. The van der Waals surface area contributed by atoms with Crippen molar-refractivity contribution in [2.45, 2.75) is 46.2 Å². The molecule has 4 heteroatoms. The fourth-order valence-electron chi connectivity index (χ4n) is 2.07. The molecule has 0 amide bonds. The maximum Gasteiger partial charge on any atom is 0.107 e.